The number of benzene rings is 1. The molecule has 1 N–H and O–H groups in total. The number of hydrogen-bond donors (Lipinski definition) is 1. The highest BCUT2D eigenvalue weighted by atomic mass is 79.9. The maximum Gasteiger partial charge on any atom is 0.101 e. The maximum absolute atomic E-state index is 9.22. The van der Waals surface area contributed by atoms with Crippen molar-refractivity contribution in [1.29, 1.82) is 5.26 Å². The molecule has 1 heterocycles. The van der Waals surface area contributed by atoms with Gasteiger partial charge in [-0.05, 0) is 62.4 Å². The standard InChI is InChI=1S/C17H17BrN2S/c1-11(17-8-12-4-2-3-5-16(12)21-17)20-15-9-14(18)7-6-13(15)10-19/h6-9,11,20H,2-5H2,1H3. The Hall–Kier alpha value is -1.31. The molecule has 1 atom stereocenters. The predicted molar refractivity (Wildman–Crippen MR) is 91.9 cm³/mol. The van der Waals surface area contributed by atoms with E-state index >= 15 is 0 Å². The van der Waals surface area contributed by atoms with Crippen molar-refractivity contribution in [1.82, 2.24) is 0 Å². The third kappa shape index (κ3) is 3.14. The van der Waals surface area contributed by atoms with E-state index in [0.29, 0.717) is 5.56 Å². The molecule has 1 unspecified atom stereocenters. The van der Waals surface area contributed by atoms with Crippen molar-refractivity contribution in [3.05, 3.63) is 49.6 Å². The first-order valence-corrected chi connectivity index (χ1v) is 8.86. The molecule has 108 valence electrons. The average molecular weight is 361 g/mol. The van der Waals surface area contributed by atoms with Crippen LogP contribution in [0.1, 0.15) is 46.7 Å². The Morgan fingerprint density at radius 1 is 1.29 bits per heavy atom. The molecular formula is C17H17BrN2S. The normalized spacial score (nSPS) is 15.1. The fraction of sp³-hybridized carbons (Fsp3) is 0.353. The van der Waals surface area contributed by atoms with Gasteiger partial charge in [-0.15, -0.1) is 11.3 Å². The fourth-order valence-electron chi connectivity index (χ4n) is 2.76. The lowest BCUT2D eigenvalue weighted by Gasteiger charge is -2.15. The van der Waals surface area contributed by atoms with Crippen LogP contribution in [0.5, 0.6) is 0 Å². The van der Waals surface area contributed by atoms with E-state index in [9.17, 15) is 5.26 Å². The smallest absolute Gasteiger partial charge is 0.101 e. The molecule has 3 rings (SSSR count). The van der Waals surface area contributed by atoms with E-state index in [-0.39, 0.29) is 6.04 Å². The number of nitrogens with zero attached hydrogens (tertiary/aromatic N) is 1. The highest BCUT2D eigenvalue weighted by molar-refractivity contribution is 9.10. The molecule has 21 heavy (non-hydrogen) atoms. The van der Waals surface area contributed by atoms with Gasteiger partial charge in [0.2, 0.25) is 0 Å². The molecule has 1 aromatic heterocycles. The lowest BCUT2D eigenvalue weighted by molar-refractivity contribution is 0.696. The van der Waals surface area contributed by atoms with Crippen LogP contribution in [-0.4, -0.2) is 0 Å². The summed E-state index contributed by atoms with van der Waals surface area (Å²) in [4.78, 5) is 2.92. The van der Waals surface area contributed by atoms with Crippen LogP contribution in [0.2, 0.25) is 0 Å². The van der Waals surface area contributed by atoms with Crippen LogP contribution >= 0.6 is 27.3 Å². The maximum atomic E-state index is 9.22. The highest BCUT2D eigenvalue weighted by Gasteiger charge is 2.17. The molecule has 4 heteroatoms. The van der Waals surface area contributed by atoms with Crippen LogP contribution in [0, 0.1) is 11.3 Å². The van der Waals surface area contributed by atoms with E-state index in [0.717, 1.165) is 10.2 Å². The largest absolute Gasteiger partial charge is 0.377 e. The van der Waals surface area contributed by atoms with Crippen molar-refractivity contribution in [3.63, 3.8) is 0 Å². The zero-order valence-electron chi connectivity index (χ0n) is 11.9. The van der Waals surface area contributed by atoms with Crippen LogP contribution in [-0.2, 0) is 12.8 Å². The van der Waals surface area contributed by atoms with E-state index in [1.165, 1.54) is 36.1 Å². The molecule has 0 spiro atoms. The molecule has 0 fully saturated rings. The molecule has 0 saturated heterocycles. The number of nitriles is 1. The molecule has 0 amide bonds. The van der Waals surface area contributed by atoms with Crippen molar-refractivity contribution in [2.45, 2.75) is 38.6 Å². The Morgan fingerprint density at radius 3 is 2.86 bits per heavy atom. The van der Waals surface area contributed by atoms with Crippen LogP contribution < -0.4 is 5.32 Å². The Morgan fingerprint density at radius 2 is 2.10 bits per heavy atom. The third-order valence-corrected chi connectivity index (χ3v) is 5.83. The minimum absolute atomic E-state index is 0.224. The molecule has 1 aromatic carbocycles. The topological polar surface area (TPSA) is 35.8 Å². The highest BCUT2D eigenvalue weighted by Crippen LogP contribution is 2.34. The second-order valence-electron chi connectivity index (χ2n) is 5.47. The third-order valence-electron chi connectivity index (χ3n) is 3.92. The molecule has 0 aliphatic heterocycles. The first-order chi connectivity index (χ1) is 10.2. The summed E-state index contributed by atoms with van der Waals surface area (Å²) in [6, 6.07) is 10.5. The fourth-order valence-corrected chi connectivity index (χ4v) is 4.39. The van der Waals surface area contributed by atoms with Gasteiger partial charge < -0.3 is 5.32 Å². The van der Waals surface area contributed by atoms with Crippen molar-refractivity contribution in [3.8, 4) is 6.07 Å². The van der Waals surface area contributed by atoms with Gasteiger partial charge in [-0.1, -0.05) is 15.9 Å². The first kappa shape index (κ1) is 14.6. The van der Waals surface area contributed by atoms with E-state index in [4.69, 9.17) is 0 Å². The Labute approximate surface area is 137 Å². The van der Waals surface area contributed by atoms with Crippen molar-refractivity contribution in [2.75, 3.05) is 5.32 Å². The van der Waals surface area contributed by atoms with Gasteiger partial charge in [-0.3, -0.25) is 0 Å². The summed E-state index contributed by atoms with van der Waals surface area (Å²) in [6.07, 6.45) is 5.08. The van der Waals surface area contributed by atoms with Crippen molar-refractivity contribution < 1.29 is 0 Å². The van der Waals surface area contributed by atoms with Crippen LogP contribution in [0.3, 0.4) is 0 Å². The summed E-state index contributed by atoms with van der Waals surface area (Å²) < 4.78 is 0.988. The molecule has 1 aliphatic rings. The Kier molecular flexibility index (Phi) is 4.32. The minimum atomic E-state index is 0.224. The zero-order valence-corrected chi connectivity index (χ0v) is 14.4. The number of halogens is 1. The number of nitrogens with one attached hydrogen (secondary N) is 1. The van der Waals surface area contributed by atoms with Gasteiger partial charge in [0.25, 0.3) is 0 Å². The summed E-state index contributed by atoms with van der Waals surface area (Å²) >= 11 is 5.39. The monoisotopic (exact) mass is 360 g/mol. The summed E-state index contributed by atoms with van der Waals surface area (Å²) in [6.45, 7) is 2.17. The van der Waals surface area contributed by atoms with Crippen LogP contribution in [0.15, 0.2) is 28.7 Å². The Balaban J connectivity index is 1.83. The van der Waals surface area contributed by atoms with E-state index in [1.54, 1.807) is 4.88 Å². The first-order valence-electron chi connectivity index (χ1n) is 7.25. The van der Waals surface area contributed by atoms with Gasteiger partial charge in [0.15, 0.2) is 0 Å². The van der Waals surface area contributed by atoms with Crippen LogP contribution in [0.25, 0.3) is 0 Å². The predicted octanol–water partition coefficient (Wildman–Crippen LogP) is 5.43. The average Bonchev–Trinajstić information content (AvgIpc) is 2.91. The number of aryl methyl sites for hydroxylation is 2. The quantitative estimate of drug-likeness (QED) is 0.791. The van der Waals surface area contributed by atoms with Gasteiger partial charge in [-0.2, -0.15) is 5.26 Å². The van der Waals surface area contributed by atoms with Crippen LogP contribution in [0.4, 0.5) is 5.69 Å². The summed E-state index contributed by atoms with van der Waals surface area (Å²) in [5.74, 6) is 0. The molecule has 2 aromatic rings. The minimum Gasteiger partial charge on any atom is -0.377 e. The van der Waals surface area contributed by atoms with E-state index in [2.05, 4.69) is 40.3 Å². The lowest BCUT2D eigenvalue weighted by atomic mass is 9.99. The zero-order chi connectivity index (χ0) is 14.8. The number of rotatable bonds is 3. The molecule has 2 nitrogen and oxygen atoms in total. The molecule has 0 bridgehead atoms. The van der Waals surface area contributed by atoms with E-state index in [1.807, 2.05) is 29.5 Å². The number of anilines is 1. The SMILES string of the molecule is CC(Nc1cc(Br)ccc1C#N)c1cc2c(s1)CCCC2. The number of fused-ring (bicyclic) bond motifs is 1. The van der Waals surface area contributed by atoms with Gasteiger partial charge in [-0.25, -0.2) is 0 Å². The second kappa shape index (κ2) is 6.21. The lowest BCUT2D eigenvalue weighted by Crippen LogP contribution is -2.06. The van der Waals surface area contributed by atoms with Gasteiger partial charge in [0, 0.05) is 14.2 Å². The van der Waals surface area contributed by atoms with Crippen molar-refractivity contribution in [2.24, 2.45) is 0 Å². The molecule has 0 radical (unpaired) electrons. The molecule has 1 aliphatic carbocycles. The van der Waals surface area contributed by atoms with Gasteiger partial charge >= 0.3 is 0 Å². The second-order valence-corrected chi connectivity index (χ2v) is 7.56. The summed E-state index contributed by atoms with van der Waals surface area (Å²) in [7, 11) is 0. The summed E-state index contributed by atoms with van der Waals surface area (Å²) in [5.41, 5.74) is 3.11. The van der Waals surface area contributed by atoms with Crippen molar-refractivity contribution >= 4 is 33.0 Å². The number of hydrogen-bond acceptors (Lipinski definition) is 3. The summed E-state index contributed by atoms with van der Waals surface area (Å²) in [5, 5.41) is 12.7. The molecule has 0 saturated carbocycles. The van der Waals surface area contributed by atoms with E-state index < -0.39 is 0 Å². The van der Waals surface area contributed by atoms with Gasteiger partial charge in [0.1, 0.15) is 6.07 Å². The molecular weight excluding hydrogens is 344 g/mol. The Bertz CT molecular complexity index is 676. The number of thiophene rings is 1. The van der Waals surface area contributed by atoms with Gasteiger partial charge in [0.05, 0.1) is 17.3 Å².